The van der Waals surface area contributed by atoms with Crippen molar-refractivity contribution in [3.05, 3.63) is 45.8 Å². The fourth-order valence-corrected chi connectivity index (χ4v) is 4.08. The number of thioether (sulfide) groups is 1. The predicted molar refractivity (Wildman–Crippen MR) is 128 cm³/mol. The number of halogens is 4. The molecule has 37 heavy (non-hydrogen) atoms. The minimum Gasteiger partial charge on any atom is -0.466 e. The Morgan fingerprint density at radius 1 is 1.24 bits per heavy atom. The van der Waals surface area contributed by atoms with E-state index in [1.54, 1.807) is 17.9 Å². The molecule has 0 bridgehead atoms. The molecular formula is C22H18F4N8O2S. The number of nitrogens with one attached hydrogen (secondary N) is 2. The van der Waals surface area contributed by atoms with E-state index in [1.807, 2.05) is 0 Å². The first-order valence-corrected chi connectivity index (χ1v) is 11.6. The normalized spacial score (nSPS) is 13.8. The lowest BCUT2D eigenvalue weighted by Crippen LogP contribution is -2.53. The van der Waals surface area contributed by atoms with Crippen LogP contribution in [0.3, 0.4) is 0 Å². The summed E-state index contributed by atoms with van der Waals surface area (Å²) in [6.07, 6.45) is -4.97. The van der Waals surface area contributed by atoms with Crippen molar-refractivity contribution in [1.29, 1.82) is 16.1 Å². The van der Waals surface area contributed by atoms with Gasteiger partial charge in [-0.3, -0.25) is 20.2 Å². The van der Waals surface area contributed by atoms with Crippen LogP contribution in [0.25, 0.3) is 22.3 Å². The average Bonchev–Trinajstić information content (AvgIpc) is 2.81. The molecule has 0 radical (unpaired) electrons. The first-order chi connectivity index (χ1) is 17.4. The number of anilines is 1. The van der Waals surface area contributed by atoms with Crippen LogP contribution in [-0.2, 0) is 18.0 Å². The van der Waals surface area contributed by atoms with Crippen molar-refractivity contribution in [3.8, 4) is 17.3 Å². The van der Waals surface area contributed by atoms with E-state index in [-0.39, 0.29) is 46.1 Å². The minimum absolute atomic E-state index is 0.0149. The Morgan fingerprint density at radius 3 is 2.54 bits per heavy atom. The minimum atomic E-state index is -4.97. The molecule has 3 aromatic rings. The number of ether oxygens (including phenoxy) is 1. The summed E-state index contributed by atoms with van der Waals surface area (Å²) in [6, 6.07) is 5.11. The molecule has 0 unspecified atom stereocenters. The molecule has 192 valence electrons. The number of rotatable bonds is 4. The number of hydrogen-bond acceptors (Lipinski definition) is 10. The Hall–Kier alpha value is -4.06. The number of nitrogens with zero attached hydrogens (tertiary/aromatic N) is 6. The van der Waals surface area contributed by atoms with Gasteiger partial charge in [0, 0.05) is 12.6 Å². The van der Waals surface area contributed by atoms with Gasteiger partial charge in [-0.05, 0) is 36.4 Å². The van der Waals surface area contributed by atoms with Crippen molar-refractivity contribution >= 4 is 39.0 Å². The molecule has 0 atom stereocenters. The van der Waals surface area contributed by atoms with E-state index in [4.69, 9.17) is 20.8 Å². The molecular weight excluding hydrogens is 516 g/mol. The molecule has 15 heteroatoms. The molecule has 0 amide bonds. The van der Waals surface area contributed by atoms with Gasteiger partial charge in [0.25, 0.3) is 5.56 Å². The van der Waals surface area contributed by atoms with E-state index in [1.165, 1.54) is 12.1 Å². The first-order valence-electron chi connectivity index (χ1n) is 10.7. The number of benzene rings is 1. The van der Waals surface area contributed by atoms with Crippen molar-refractivity contribution in [2.45, 2.75) is 25.6 Å². The fourth-order valence-electron chi connectivity index (χ4n) is 3.53. The fraction of sp³-hybridized carbons (Fsp3) is 0.318. The quantitative estimate of drug-likeness (QED) is 0.293. The lowest BCUT2D eigenvalue weighted by Gasteiger charge is -2.38. The number of fused-ring (bicyclic) bond motifs is 1. The average molecular weight is 534 g/mol. The van der Waals surface area contributed by atoms with E-state index >= 15 is 0 Å². The second-order valence-corrected chi connectivity index (χ2v) is 9.05. The summed E-state index contributed by atoms with van der Waals surface area (Å²) in [7, 11) is 0.909. The standard InChI is InChI=1S/C22H18F4N8O2S/c1-3-14(28)37-20(29)36-11-8-34(9-11)21-31-15(12-5-4-10(7-27)6-13(12)23)16-17(32-21)18(35)33(2)19(30-16)22(24,25)26/h4-6,11,28-29H,3,8-9H2,1-2H3. The van der Waals surface area contributed by atoms with Gasteiger partial charge >= 0.3 is 6.18 Å². The van der Waals surface area contributed by atoms with Gasteiger partial charge in [-0.2, -0.15) is 18.4 Å². The molecule has 1 aliphatic rings. The van der Waals surface area contributed by atoms with Crippen LogP contribution in [0.15, 0.2) is 23.0 Å². The molecule has 0 aliphatic carbocycles. The highest BCUT2D eigenvalue weighted by molar-refractivity contribution is 8.26. The zero-order valence-corrected chi connectivity index (χ0v) is 20.2. The SMILES string of the molecule is CCC(=N)SC(=N)OC1CN(c2nc(-c3ccc(C#N)cc3F)c3nc(C(F)(F)F)n(C)c(=O)c3n2)C1. The maximum atomic E-state index is 14.9. The maximum absolute atomic E-state index is 14.9. The van der Waals surface area contributed by atoms with E-state index in [0.29, 0.717) is 11.0 Å². The zero-order valence-electron chi connectivity index (χ0n) is 19.4. The highest BCUT2D eigenvalue weighted by Gasteiger charge is 2.38. The summed E-state index contributed by atoms with van der Waals surface area (Å²) in [5.41, 5.74) is -2.68. The van der Waals surface area contributed by atoms with Crippen LogP contribution in [0.5, 0.6) is 0 Å². The Labute approximate surface area is 210 Å². The molecule has 4 rings (SSSR count). The monoisotopic (exact) mass is 534 g/mol. The molecule has 2 aromatic heterocycles. The third-order valence-corrected chi connectivity index (χ3v) is 6.28. The highest BCUT2D eigenvalue weighted by atomic mass is 32.2. The van der Waals surface area contributed by atoms with Gasteiger partial charge in [-0.15, -0.1) is 0 Å². The van der Waals surface area contributed by atoms with E-state index in [0.717, 1.165) is 24.9 Å². The molecule has 3 heterocycles. The maximum Gasteiger partial charge on any atom is 0.449 e. The summed E-state index contributed by atoms with van der Waals surface area (Å²) >= 11 is 0.873. The van der Waals surface area contributed by atoms with Crippen LogP contribution in [0.1, 0.15) is 24.7 Å². The Kier molecular flexibility index (Phi) is 6.87. The second kappa shape index (κ2) is 9.77. The van der Waals surface area contributed by atoms with Gasteiger partial charge < -0.3 is 9.64 Å². The first kappa shape index (κ1) is 26.0. The van der Waals surface area contributed by atoms with Gasteiger partial charge in [0.2, 0.25) is 17.0 Å². The molecule has 0 saturated carbocycles. The topological polar surface area (TPSA) is 145 Å². The third-order valence-electron chi connectivity index (χ3n) is 5.46. The molecule has 1 fully saturated rings. The van der Waals surface area contributed by atoms with Crippen molar-refractivity contribution in [3.63, 3.8) is 0 Å². The number of alkyl halides is 3. The molecule has 1 aromatic carbocycles. The van der Waals surface area contributed by atoms with E-state index in [2.05, 4.69) is 15.0 Å². The van der Waals surface area contributed by atoms with Gasteiger partial charge in [0.05, 0.1) is 29.8 Å². The summed E-state index contributed by atoms with van der Waals surface area (Å²) in [4.78, 5) is 26.4. The van der Waals surface area contributed by atoms with Crippen molar-refractivity contribution < 1.29 is 22.3 Å². The summed E-state index contributed by atoms with van der Waals surface area (Å²) < 4.78 is 61.4. The van der Waals surface area contributed by atoms with Crippen LogP contribution in [-0.4, -0.2) is 49.0 Å². The Balaban J connectivity index is 1.78. The molecule has 1 aliphatic heterocycles. The molecule has 2 N–H and O–H groups in total. The van der Waals surface area contributed by atoms with Crippen molar-refractivity contribution in [2.24, 2.45) is 7.05 Å². The summed E-state index contributed by atoms with van der Waals surface area (Å²) in [5.74, 6) is -2.50. The van der Waals surface area contributed by atoms with Crippen LogP contribution >= 0.6 is 11.8 Å². The lowest BCUT2D eigenvalue weighted by molar-refractivity contribution is -0.147. The number of hydrogen-bond donors (Lipinski definition) is 2. The largest absolute Gasteiger partial charge is 0.466 e. The summed E-state index contributed by atoms with van der Waals surface area (Å²) in [6.45, 7) is 2.13. The van der Waals surface area contributed by atoms with E-state index < -0.39 is 40.5 Å². The van der Waals surface area contributed by atoms with Crippen molar-refractivity contribution in [1.82, 2.24) is 19.5 Å². The van der Waals surface area contributed by atoms with Gasteiger partial charge in [0.15, 0.2) is 5.52 Å². The second-order valence-electron chi connectivity index (χ2n) is 7.98. The zero-order chi connectivity index (χ0) is 27.1. The van der Waals surface area contributed by atoms with Gasteiger partial charge in [0.1, 0.15) is 23.1 Å². The number of nitriles is 1. The lowest BCUT2D eigenvalue weighted by atomic mass is 10.1. The Bertz CT molecular complexity index is 1530. The van der Waals surface area contributed by atoms with Crippen LogP contribution in [0.2, 0.25) is 0 Å². The van der Waals surface area contributed by atoms with Crippen LogP contribution in [0.4, 0.5) is 23.5 Å². The van der Waals surface area contributed by atoms with Crippen molar-refractivity contribution in [2.75, 3.05) is 18.0 Å². The molecule has 0 spiro atoms. The third kappa shape index (κ3) is 5.10. The van der Waals surface area contributed by atoms with Gasteiger partial charge in [-0.1, -0.05) is 6.92 Å². The Morgan fingerprint density at radius 2 is 1.95 bits per heavy atom. The molecule has 1 saturated heterocycles. The smallest absolute Gasteiger partial charge is 0.449 e. The van der Waals surface area contributed by atoms with Gasteiger partial charge in [-0.25, -0.2) is 19.3 Å². The highest BCUT2D eigenvalue weighted by Crippen LogP contribution is 2.33. The summed E-state index contributed by atoms with van der Waals surface area (Å²) in [5, 5.41) is 24.6. The molecule has 10 nitrogen and oxygen atoms in total. The van der Waals surface area contributed by atoms with Crippen LogP contribution in [0, 0.1) is 28.0 Å². The predicted octanol–water partition coefficient (Wildman–Crippen LogP) is 3.68. The van der Waals surface area contributed by atoms with Crippen LogP contribution < -0.4 is 10.5 Å². The number of aromatic nitrogens is 4. The van der Waals surface area contributed by atoms with E-state index in [9.17, 15) is 22.4 Å².